The van der Waals surface area contributed by atoms with Crippen LogP contribution in [0.4, 0.5) is 11.4 Å². The minimum absolute atomic E-state index is 0.691. The minimum Gasteiger partial charge on any atom is -0.375 e. The summed E-state index contributed by atoms with van der Waals surface area (Å²) in [5, 5.41) is 7.32. The lowest BCUT2D eigenvalue weighted by Gasteiger charge is -2.19. The van der Waals surface area contributed by atoms with E-state index in [0.29, 0.717) is 5.11 Å². The number of nitrogens with one attached hydrogen (secondary N) is 2. The number of unbranched alkanes of at least 4 members (excludes halogenated alkanes) is 1. The van der Waals surface area contributed by atoms with Gasteiger partial charge in [-0.2, -0.15) is 0 Å². The lowest BCUT2D eigenvalue weighted by Crippen LogP contribution is -2.31. The second-order valence-electron chi connectivity index (χ2n) is 6.74. The molecule has 0 aliphatic heterocycles. The van der Waals surface area contributed by atoms with Crippen LogP contribution < -0.4 is 15.5 Å². The van der Waals surface area contributed by atoms with Crippen LogP contribution in [0.15, 0.2) is 48.5 Å². The fourth-order valence-corrected chi connectivity index (χ4v) is 3.11. The van der Waals surface area contributed by atoms with Gasteiger partial charge in [-0.05, 0) is 67.7 Å². The van der Waals surface area contributed by atoms with Crippen LogP contribution in [0.2, 0.25) is 0 Å². The van der Waals surface area contributed by atoms with Crippen molar-refractivity contribution in [2.24, 2.45) is 0 Å². The predicted molar refractivity (Wildman–Crippen MR) is 118 cm³/mol. The van der Waals surface area contributed by atoms with Crippen molar-refractivity contribution in [3.8, 4) is 0 Å². The van der Waals surface area contributed by atoms with Crippen molar-refractivity contribution in [1.29, 1.82) is 0 Å². The Morgan fingerprint density at radius 1 is 1.08 bits per heavy atom. The SMILES string of the molecule is CCCCc1ccc(NC(=S)NCCCN(C)c2ccccc2)c(C)c1. The molecule has 0 aromatic heterocycles. The van der Waals surface area contributed by atoms with Crippen molar-refractivity contribution in [3.63, 3.8) is 0 Å². The number of para-hydroxylation sites is 1. The maximum atomic E-state index is 5.44. The number of hydrogen-bond donors (Lipinski definition) is 2. The number of hydrogen-bond acceptors (Lipinski definition) is 2. The Hall–Kier alpha value is -2.07. The fourth-order valence-electron chi connectivity index (χ4n) is 2.90. The molecule has 2 aromatic rings. The zero-order chi connectivity index (χ0) is 18.8. The first-order chi connectivity index (χ1) is 12.6. The Kier molecular flexibility index (Phi) is 8.42. The first-order valence-corrected chi connectivity index (χ1v) is 9.91. The van der Waals surface area contributed by atoms with Crippen molar-refractivity contribution in [2.75, 3.05) is 30.4 Å². The summed E-state index contributed by atoms with van der Waals surface area (Å²) in [4.78, 5) is 2.26. The molecule has 2 rings (SSSR count). The normalized spacial score (nSPS) is 10.4. The summed E-state index contributed by atoms with van der Waals surface area (Å²) in [5.74, 6) is 0. The number of rotatable bonds is 9. The Morgan fingerprint density at radius 2 is 1.85 bits per heavy atom. The van der Waals surface area contributed by atoms with E-state index in [2.05, 4.69) is 78.9 Å². The maximum absolute atomic E-state index is 5.44. The van der Waals surface area contributed by atoms with Crippen molar-refractivity contribution >= 4 is 28.7 Å². The molecule has 2 aromatic carbocycles. The highest BCUT2D eigenvalue weighted by Gasteiger charge is 2.04. The van der Waals surface area contributed by atoms with Crippen molar-refractivity contribution in [1.82, 2.24) is 5.32 Å². The molecule has 2 N–H and O–H groups in total. The highest BCUT2D eigenvalue weighted by Crippen LogP contribution is 2.18. The van der Waals surface area contributed by atoms with E-state index in [1.165, 1.54) is 29.7 Å². The lowest BCUT2D eigenvalue weighted by atomic mass is 10.0. The molecule has 0 aliphatic carbocycles. The number of anilines is 2. The molecular formula is C22H31N3S. The van der Waals surface area contributed by atoms with Gasteiger partial charge < -0.3 is 15.5 Å². The van der Waals surface area contributed by atoms with E-state index in [-0.39, 0.29) is 0 Å². The molecule has 0 amide bonds. The van der Waals surface area contributed by atoms with Crippen LogP contribution in [0.3, 0.4) is 0 Å². The van der Waals surface area contributed by atoms with Crippen molar-refractivity contribution in [2.45, 2.75) is 39.5 Å². The summed E-state index contributed by atoms with van der Waals surface area (Å²) in [6.45, 7) is 6.21. The summed E-state index contributed by atoms with van der Waals surface area (Å²) in [5.41, 5.74) is 4.97. The number of aryl methyl sites for hydroxylation is 2. The van der Waals surface area contributed by atoms with Crippen LogP contribution >= 0.6 is 12.2 Å². The summed E-state index contributed by atoms with van der Waals surface area (Å²) < 4.78 is 0. The maximum Gasteiger partial charge on any atom is 0.170 e. The van der Waals surface area contributed by atoms with E-state index in [9.17, 15) is 0 Å². The molecule has 0 atom stereocenters. The van der Waals surface area contributed by atoms with Crippen molar-refractivity contribution in [3.05, 3.63) is 59.7 Å². The van der Waals surface area contributed by atoms with Gasteiger partial charge in [0.05, 0.1) is 0 Å². The molecule has 0 saturated carbocycles. The molecule has 0 aliphatic rings. The molecule has 0 fully saturated rings. The van der Waals surface area contributed by atoms with Gasteiger partial charge in [0.25, 0.3) is 0 Å². The molecule has 4 heteroatoms. The number of thiocarbonyl (C=S) groups is 1. The summed E-state index contributed by atoms with van der Waals surface area (Å²) in [7, 11) is 2.12. The predicted octanol–water partition coefficient (Wildman–Crippen LogP) is 5.15. The van der Waals surface area contributed by atoms with Crippen LogP contribution in [-0.4, -0.2) is 25.2 Å². The second kappa shape index (κ2) is 10.8. The van der Waals surface area contributed by atoms with Crippen LogP contribution in [0, 0.1) is 6.92 Å². The van der Waals surface area contributed by atoms with Crippen LogP contribution in [0.5, 0.6) is 0 Å². The van der Waals surface area contributed by atoms with Gasteiger partial charge in [0.15, 0.2) is 5.11 Å². The molecule has 3 nitrogen and oxygen atoms in total. The Balaban J connectivity index is 1.72. The van der Waals surface area contributed by atoms with Gasteiger partial charge >= 0.3 is 0 Å². The van der Waals surface area contributed by atoms with Gasteiger partial charge in [-0.3, -0.25) is 0 Å². The molecule has 0 saturated heterocycles. The molecule has 0 unspecified atom stereocenters. The molecule has 0 spiro atoms. The number of benzene rings is 2. The van der Waals surface area contributed by atoms with E-state index in [1.807, 2.05) is 6.07 Å². The van der Waals surface area contributed by atoms with Crippen molar-refractivity contribution < 1.29 is 0 Å². The topological polar surface area (TPSA) is 27.3 Å². The minimum atomic E-state index is 0.691. The first-order valence-electron chi connectivity index (χ1n) is 9.50. The summed E-state index contributed by atoms with van der Waals surface area (Å²) in [6, 6.07) is 17.0. The Labute approximate surface area is 163 Å². The molecule has 0 bridgehead atoms. The van der Waals surface area contributed by atoms with E-state index in [1.54, 1.807) is 0 Å². The zero-order valence-electron chi connectivity index (χ0n) is 16.2. The van der Waals surface area contributed by atoms with Gasteiger partial charge in [-0.25, -0.2) is 0 Å². The first kappa shape index (κ1) is 20.2. The molecule has 0 heterocycles. The Bertz CT molecular complexity index is 685. The van der Waals surface area contributed by atoms with Gasteiger partial charge in [0.1, 0.15) is 0 Å². The third-order valence-corrected chi connectivity index (χ3v) is 4.76. The third-order valence-electron chi connectivity index (χ3n) is 4.51. The molecular weight excluding hydrogens is 338 g/mol. The van der Waals surface area contributed by atoms with Gasteiger partial charge in [-0.1, -0.05) is 43.7 Å². The van der Waals surface area contributed by atoms with Gasteiger partial charge in [0.2, 0.25) is 0 Å². The van der Waals surface area contributed by atoms with E-state index < -0.39 is 0 Å². The van der Waals surface area contributed by atoms with E-state index >= 15 is 0 Å². The standard InChI is InChI=1S/C22H31N3S/c1-4-5-10-19-13-14-21(18(2)17-19)24-22(26)23-15-9-16-25(3)20-11-7-6-8-12-20/h6-8,11-14,17H,4-5,9-10,15-16H2,1-3H3,(H2,23,24,26). The fraction of sp³-hybridized carbons (Fsp3) is 0.409. The monoisotopic (exact) mass is 369 g/mol. The van der Waals surface area contributed by atoms with Gasteiger partial charge in [0, 0.05) is 31.5 Å². The molecule has 140 valence electrons. The second-order valence-corrected chi connectivity index (χ2v) is 7.15. The molecule has 26 heavy (non-hydrogen) atoms. The van der Waals surface area contributed by atoms with E-state index in [0.717, 1.165) is 31.6 Å². The zero-order valence-corrected chi connectivity index (χ0v) is 17.0. The summed E-state index contributed by atoms with van der Waals surface area (Å²) >= 11 is 5.44. The largest absolute Gasteiger partial charge is 0.375 e. The molecule has 0 radical (unpaired) electrons. The highest BCUT2D eigenvalue weighted by atomic mass is 32.1. The third kappa shape index (κ3) is 6.68. The smallest absolute Gasteiger partial charge is 0.170 e. The number of nitrogens with zero attached hydrogens (tertiary/aromatic N) is 1. The van der Waals surface area contributed by atoms with Crippen LogP contribution in [-0.2, 0) is 6.42 Å². The average molecular weight is 370 g/mol. The Morgan fingerprint density at radius 3 is 2.54 bits per heavy atom. The average Bonchev–Trinajstić information content (AvgIpc) is 2.66. The lowest BCUT2D eigenvalue weighted by molar-refractivity contribution is 0.755. The van der Waals surface area contributed by atoms with E-state index in [4.69, 9.17) is 12.2 Å². The quantitative estimate of drug-likeness (QED) is 0.472. The summed E-state index contributed by atoms with van der Waals surface area (Å²) in [6.07, 6.45) is 4.65. The van der Waals surface area contributed by atoms with Crippen LogP contribution in [0.1, 0.15) is 37.3 Å². The highest BCUT2D eigenvalue weighted by molar-refractivity contribution is 7.80. The van der Waals surface area contributed by atoms with Crippen LogP contribution in [0.25, 0.3) is 0 Å². The van der Waals surface area contributed by atoms with Gasteiger partial charge in [-0.15, -0.1) is 0 Å².